The lowest BCUT2D eigenvalue weighted by Gasteiger charge is -2.17. The predicted octanol–water partition coefficient (Wildman–Crippen LogP) is 2.94. The zero-order chi connectivity index (χ0) is 21.3. The first kappa shape index (κ1) is 20.1. The number of benzene rings is 1. The number of urea groups is 1. The maximum absolute atomic E-state index is 13.0. The molecule has 0 fully saturated rings. The molecule has 3 amide bonds. The zero-order valence-corrected chi connectivity index (χ0v) is 17.5. The van der Waals surface area contributed by atoms with Crippen molar-refractivity contribution in [1.29, 1.82) is 0 Å². The molecule has 0 saturated carbocycles. The van der Waals surface area contributed by atoms with Gasteiger partial charge in [-0.05, 0) is 55.0 Å². The van der Waals surface area contributed by atoms with Gasteiger partial charge < -0.3 is 10.1 Å². The number of aryl methyl sites for hydroxylation is 1. The quantitative estimate of drug-likeness (QED) is 0.668. The average Bonchev–Trinajstić information content (AvgIpc) is 3.08. The Hall–Kier alpha value is -3.20. The second kappa shape index (κ2) is 8.27. The fourth-order valence-electron chi connectivity index (χ4n) is 3.64. The van der Waals surface area contributed by atoms with E-state index >= 15 is 0 Å². The van der Waals surface area contributed by atoms with Gasteiger partial charge in [0, 0.05) is 10.6 Å². The van der Waals surface area contributed by atoms with Crippen LogP contribution >= 0.6 is 11.3 Å². The third-order valence-electron chi connectivity index (χ3n) is 5.20. The lowest BCUT2D eigenvalue weighted by Crippen LogP contribution is -2.38. The number of hydrogen-bond donors (Lipinski definition) is 2. The van der Waals surface area contributed by atoms with Crippen molar-refractivity contribution in [3.8, 4) is 5.75 Å². The molecule has 4 rings (SSSR count). The summed E-state index contributed by atoms with van der Waals surface area (Å²) < 4.78 is 6.31. The summed E-state index contributed by atoms with van der Waals surface area (Å²) in [6.07, 6.45) is 4.23. The number of carbonyl (C=O) groups is 2. The Morgan fingerprint density at radius 3 is 2.80 bits per heavy atom. The molecule has 2 N–H and O–H groups in total. The summed E-state index contributed by atoms with van der Waals surface area (Å²) in [6.45, 7) is 1.93. The smallest absolute Gasteiger partial charge is 0.325 e. The Morgan fingerprint density at radius 2 is 2.07 bits per heavy atom. The van der Waals surface area contributed by atoms with E-state index in [-0.39, 0.29) is 12.1 Å². The van der Waals surface area contributed by atoms with Crippen molar-refractivity contribution in [2.45, 2.75) is 32.7 Å². The van der Waals surface area contributed by atoms with Gasteiger partial charge in [-0.3, -0.25) is 19.5 Å². The molecule has 0 aliphatic heterocycles. The van der Waals surface area contributed by atoms with Crippen molar-refractivity contribution in [2.24, 2.45) is 5.92 Å². The van der Waals surface area contributed by atoms with Crippen LogP contribution in [0.5, 0.6) is 5.75 Å². The highest BCUT2D eigenvalue weighted by molar-refractivity contribution is 7.18. The monoisotopic (exact) mass is 426 g/mol. The second-order valence-electron chi connectivity index (χ2n) is 7.44. The number of thiophene rings is 1. The molecule has 1 aromatic carbocycles. The van der Waals surface area contributed by atoms with Gasteiger partial charge in [-0.1, -0.05) is 6.92 Å². The van der Waals surface area contributed by atoms with Gasteiger partial charge in [-0.2, -0.15) is 0 Å². The number of rotatable bonds is 4. The summed E-state index contributed by atoms with van der Waals surface area (Å²) in [5.74, 6) is 0.661. The number of anilines is 1. The van der Waals surface area contributed by atoms with E-state index in [4.69, 9.17) is 4.74 Å². The number of nitrogens with zero attached hydrogens (tertiary/aromatic N) is 2. The van der Waals surface area contributed by atoms with Gasteiger partial charge in [-0.15, -0.1) is 11.3 Å². The summed E-state index contributed by atoms with van der Waals surface area (Å²) in [5, 5.41) is 5.42. The number of amides is 3. The number of nitrogens with one attached hydrogen (secondary N) is 2. The molecular formula is C21H22N4O4S. The van der Waals surface area contributed by atoms with Crippen LogP contribution in [0.15, 0.2) is 35.4 Å². The molecule has 0 saturated heterocycles. The van der Waals surface area contributed by atoms with E-state index in [2.05, 4.69) is 22.5 Å². The van der Waals surface area contributed by atoms with Crippen molar-refractivity contribution in [3.05, 3.63) is 51.4 Å². The number of ether oxygens (including phenoxy) is 1. The molecule has 2 heterocycles. The highest BCUT2D eigenvalue weighted by Crippen LogP contribution is 2.35. The topological polar surface area (TPSA) is 102 Å². The van der Waals surface area contributed by atoms with Crippen LogP contribution in [0.3, 0.4) is 0 Å². The van der Waals surface area contributed by atoms with Gasteiger partial charge in [0.1, 0.15) is 17.1 Å². The molecule has 1 aliphatic rings. The fraction of sp³-hybridized carbons (Fsp3) is 0.333. The van der Waals surface area contributed by atoms with Gasteiger partial charge in [0.15, 0.2) is 0 Å². The van der Waals surface area contributed by atoms with E-state index in [9.17, 15) is 14.4 Å². The molecule has 1 unspecified atom stereocenters. The van der Waals surface area contributed by atoms with Crippen LogP contribution < -0.4 is 20.9 Å². The molecule has 0 spiro atoms. The Labute approximate surface area is 176 Å². The summed E-state index contributed by atoms with van der Waals surface area (Å²) >= 11 is 1.56. The molecule has 8 nitrogen and oxygen atoms in total. The van der Waals surface area contributed by atoms with Crippen molar-refractivity contribution in [2.75, 3.05) is 12.4 Å². The van der Waals surface area contributed by atoms with Crippen molar-refractivity contribution in [1.82, 2.24) is 14.9 Å². The van der Waals surface area contributed by atoms with E-state index in [1.54, 1.807) is 42.7 Å². The third-order valence-corrected chi connectivity index (χ3v) is 6.36. The standard InChI is InChI=1S/C21H22N4O4S/c1-12-3-8-15-16(9-12)30-19-18(15)20(27)25(11-22-19)10-17(26)24-21(28)23-13-4-6-14(29-2)7-5-13/h4-7,11-12H,3,8-10H2,1-2H3,(H2,23,24,26,28). The van der Waals surface area contributed by atoms with Gasteiger partial charge >= 0.3 is 6.03 Å². The predicted molar refractivity (Wildman–Crippen MR) is 115 cm³/mol. The molecule has 156 valence electrons. The molecule has 30 heavy (non-hydrogen) atoms. The zero-order valence-electron chi connectivity index (χ0n) is 16.7. The van der Waals surface area contributed by atoms with Crippen LogP contribution in [0.4, 0.5) is 10.5 Å². The van der Waals surface area contributed by atoms with Crippen LogP contribution in [0, 0.1) is 5.92 Å². The Balaban J connectivity index is 1.45. The highest BCUT2D eigenvalue weighted by atomic mass is 32.1. The number of hydrogen-bond acceptors (Lipinski definition) is 6. The van der Waals surface area contributed by atoms with E-state index < -0.39 is 11.9 Å². The summed E-state index contributed by atoms with van der Waals surface area (Å²) in [6, 6.07) is 6.03. The first-order chi connectivity index (χ1) is 14.4. The van der Waals surface area contributed by atoms with Crippen LogP contribution in [-0.4, -0.2) is 28.6 Å². The summed E-state index contributed by atoms with van der Waals surface area (Å²) in [5.41, 5.74) is 1.34. The van der Waals surface area contributed by atoms with Gasteiger partial charge in [0.25, 0.3) is 5.56 Å². The molecule has 0 bridgehead atoms. The van der Waals surface area contributed by atoms with Crippen LogP contribution in [-0.2, 0) is 24.2 Å². The maximum atomic E-state index is 13.0. The van der Waals surface area contributed by atoms with E-state index in [0.29, 0.717) is 27.6 Å². The highest BCUT2D eigenvalue weighted by Gasteiger charge is 2.23. The number of carbonyl (C=O) groups excluding carboxylic acids is 2. The minimum atomic E-state index is -0.672. The lowest BCUT2D eigenvalue weighted by atomic mass is 9.89. The van der Waals surface area contributed by atoms with E-state index in [0.717, 1.165) is 24.8 Å². The van der Waals surface area contributed by atoms with E-state index in [1.165, 1.54) is 15.8 Å². The Morgan fingerprint density at radius 1 is 1.30 bits per heavy atom. The summed E-state index contributed by atoms with van der Waals surface area (Å²) in [4.78, 5) is 43.6. The number of imide groups is 1. The van der Waals surface area contributed by atoms with Crippen LogP contribution in [0.1, 0.15) is 23.8 Å². The largest absolute Gasteiger partial charge is 0.497 e. The minimum Gasteiger partial charge on any atom is -0.497 e. The van der Waals surface area contributed by atoms with Gasteiger partial charge in [-0.25, -0.2) is 9.78 Å². The molecule has 2 aromatic heterocycles. The molecule has 3 aromatic rings. The average molecular weight is 426 g/mol. The molecular weight excluding hydrogens is 404 g/mol. The molecule has 9 heteroatoms. The number of fused-ring (bicyclic) bond motifs is 3. The van der Waals surface area contributed by atoms with Gasteiger partial charge in [0.05, 0.1) is 18.8 Å². The second-order valence-corrected chi connectivity index (χ2v) is 8.52. The Kier molecular flexibility index (Phi) is 5.54. The fourth-order valence-corrected chi connectivity index (χ4v) is 4.98. The number of methoxy groups -OCH3 is 1. The van der Waals surface area contributed by atoms with E-state index in [1.807, 2.05) is 0 Å². The normalized spacial score (nSPS) is 15.5. The van der Waals surface area contributed by atoms with Crippen molar-refractivity contribution >= 4 is 39.2 Å². The molecule has 1 aliphatic carbocycles. The first-order valence-corrected chi connectivity index (χ1v) is 10.5. The third kappa shape index (κ3) is 4.06. The van der Waals surface area contributed by atoms with Crippen molar-refractivity contribution in [3.63, 3.8) is 0 Å². The van der Waals surface area contributed by atoms with Crippen LogP contribution in [0.25, 0.3) is 10.2 Å². The van der Waals surface area contributed by atoms with Crippen molar-refractivity contribution < 1.29 is 14.3 Å². The Bertz CT molecular complexity index is 1170. The maximum Gasteiger partial charge on any atom is 0.325 e. The molecule has 1 atom stereocenters. The summed E-state index contributed by atoms with van der Waals surface area (Å²) in [7, 11) is 1.55. The first-order valence-electron chi connectivity index (χ1n) is 9.69. The van der Waals surface area contributed by atoms with Crippen LogP contribution in [0.2, 0.25) is 0 Å². The lowest BCUT2D eigenvalue weighted by molar-refractivity contribution is -0.120. The number of aromatic nitrogens is 2. The molecule has 0 radical (unpaired) electrons. The minimum absolute atomic E-state index is 0.238. The SMILES string of the molecule is COc1ccc(NC(=O)NC(=O)Cn2cnc3sc4c(c3c2=O)CCC(C)C4)cc1. The van der Waals surface area contributed by atoms with Gasteiger partial charge in [0.2, 0.25) is 5.91 Å².